The monoisotopic (exact) mass is 284 g/mol. The SMILES string of the molecule is COc1ccc(C(=O)C(C)Br)cc1C(C)C. The number of ketones is 1. The molecular formula is C13H17BrO2. The molecular weight excluding hydrogens is 268 g/mol. The van der Waals surface area contributed by atoms with Crippen molar-refractivity contribution in [1.29, 1.82) is 0 Å². The van der Waals surface area contributed by atoms with Crippen LogP contribution in [0.25, 0.3) is 0 Å². The Morgan fingerprint density at radius 3 is 2.38 bits per heavy atom. The summed E-state index contributed by atoms with van der Waals surface area (Å²) in [5.74, 6) is 1.28. The minimum absolute atomic E-state index is 0.101. The van der Waals surface area contributed by atoms with Crippen LogP contribution in [0.1, 0.15) is 42.6 Å². The Balaban J connectivity index is 3.17. The Bertz CT molecular complexity index is 384. The van der Waals surface area contributed by atoms with Gasteiger partial charge in [0.15, 0.2) is 5.78 Å². The van der Waals surface area contributed by atoms with Crippen LogP contribution in [-0.4, -0.2) is 17.7 Å². The molecule has 0 N–H and O–H groups in total. The van der Waals surface area contributed by atoms with Crippen LogP contribution in [0.4, 0.5) is 0 Å². The maximum atomic E-state index is 11.8. The Kier molecular flexibility index (Phi) is 4.54. The number of hydrogen-bond donors (Lipinski definition) is 0. The summed E-state index contributed by atoms with van der Waals surface area (Å²) in [7, 11) is 1.65. The lowest BCUT2D eigenvalue weighted by atomic mass is 9.97. The highest BCUT2D eigenvalue weighted by Gasteiger charge is 2.15. The van der Waals surface area contributed by atoms with Crippen molar-refractivity contribution in [1.82, 2.24) is 0 Å². The molecule has 0 spiro atoms. The van der Waals surface area contributed by atoms with Gasteiger partial charge in [-0.2, -0.15) is 0 Å². The number of halogens is 1. The fraction of sp³-hybridized carbons (Fsp3) is 0.462. The Morgan fingerprint density at radius 2 is 1.94 bits per heavy atom. The zero-order valence-corrected chi connectivity index (χ0v) is 11.7. The highest BCUT2D eigenvalue weighted by Crippen LogP contribution is 2.28. The van der Waals surface area contributed by atoms with Crippen LogP contribution in [0.5, 0.6) is 5.75 Å². The molecule has 0 heterocycles. The molecule has 2 nitrogen and oxygen atoms in total. The van der Waals surface area contributed by atoms with E-state index in [9.17, 15) is 4.79 Å². The Morgan fingerprint density at radius 1 is 1.31 bits per heavy atom. The predicted octanol–water partition coefficient (Wildman–Crippen LogP) is 3.78. The van der Waals surface area contributed by atoms with Crippen LogP contribution in [0.3, 0.4) is 0 Å². The number of ether oxygens (including phenoxy) is 1. The number of methoxy groups -OCH3 is 1. The fourth-order valence-electron chi connectivity index (χ4n) is 1.57. The van der Waals surface area contributed by atoms with Gasteiger partial charge in [-0.05, 0) is 36.6 Å². The number of rotatable bonds is 4. The molecule has 1 aromatic rings. The molecule has 0 aliphatic rings. The van der Waals surface area contributed by atoms with E-state index < -0.39 is 0 Å². The summed E-state index contributed by atoms with van der Waals surface area (Å²) in [5.41, 5.74) is 1.80. The van der Waals surface area contributed by atoms with E-state index in [2.05, 4.69) is 29.8 Å². The van der Waals surface area contributed by atoms with Crippen LogP contribution in [-0.2, 0) is 0 Å². The van der Waals surface area contributed by atoms with Crippen LogP contribution in [0.2, 0.25) is 0 Å². The molecule has 1 rings (SSSR count). The molecule has 1 aromatic carbocycles. The van der Waals surface area contributed by atoms with E-state index in [-0.39, 0.29) is 10.6 Å². The first-order chi connectivity index (χ1) is 7.47. The second-order valence-corrected chi connectivity index (χ2v) is 5.47. The van der Waals surface area contributed by atoms with E-state index >= 15 is 0 Å². The lowest BCUT2D eigenvalue weighted by Crippen LogP contribution is -2.10. The number of Topliss-reactive ketones (excluding diaryl/α,β-unsaturated/α-hetero) is 1. The molecule has 1 unspecified atom stereocenters. The van der Waals surface area contributed by atoms with Crippen LogP contribution < -0.4 is 4.74 Å². The fourth-order valence-corrected chi connectivity index (χ4v) is 1.83. The van der Waals surface area contributed by atoms with Crippen molar-refractivity contribution in [2.45, 2.75) is 31.5 Å². The molecule has 0 aromatic heterocycles. The van der Waals surface area contributed by atoms with E-state index in [1.165, 1.54) is 0 Å². The summed E-state index contributed by atoms with van der Waals surface area (Å²) in [4.78, 5) is 11.7. The van der Waals surface area contributed by atoms with E-state index in [0.29, 0.717) is 5.92 Å². The minimum Gasteiger partial charge on any atom is -0.496 e. The Hall–Kier alpha value is -0.830. The molecule has 88 valence electrons. The summed E-state index contributed by atoms with van der Waals surface area (Å²) in [5, 5.41) is 0. The summed E-state index contributed by atoms with van der Waals surface area (Å²) < 4.78 is 5.28. The van der Waals surface area contributed by atoms with Gasteiger partial charge in [-0.3, -0.25) is 4.79 Å². The van der Waals surface area contributed by atoms with E-state index in [4.69, 9.17) is 4.74 Å². The molecule has 0 saturated heterocycles. The lowest BCUT2D eigenvalue weighted by Gasteiger charge is -2.13. The Labute approximate surface area is 105 Å². The topological polar surface area (TPSA) is 26.3 Å². The van der Waals surface area contributed by atoms with Gasteiger partial charge in [0.25, 0.3) is 0 Å². The van der Waals surface area contributed by atoms with Gasteiger partial charge in [0.05, 0.1) is 11.9 Å². The molecule has 3 heteroatoms. The molecule has 0 aliphatic carbocycles. The van der Waals surface area contributed by atoms with Gasteiger partial charge >= 0.3 is 0 Å². The van der Waals surface area contributed by atoms with Crippen molar-refractivity contribution >= 4 is 21.7 Å². The summed E-state index contributed by atoms with van der Waals surface area (Å²) >= 11 is 3.29. The average molecular weight is 285 g/mol. The van der Waals surface area contributed by atoms with Crippen LogP contribution in [0, 0.1) is 0 Å². The highest BCUT2D eigenvalue weighted by molar-refractivity contribution is 9.10. The summed E-state index contributed by atoms with van der Waals surface area (Å²) in [6.45, 7) is 6.01. The van der Waals surface area contributed by atoms with E-state index in [1.807, 2.05) is 25.1 Å². The number of alkyl halides is 1. The van der Waals surface area contributed by atoms with Gasteiger partial charge in [-0.25, -0.2) is 0 Å². The van der Waals surface area contributed by atoms with Gasteiger partial charge in [0.2, 0.25) is 0 Å². The zero-order chi connectivity index (χ0) is 12.3. The summed E-state index contributed by atoms with van der Waals surface area (Å²) in [6, 6.07) is 5.59. The average Bonchev–Trinajstić information content (AvgIpc) is 2.26. The maximum Gasteiger partial charge on any atom is 0.176 e. The first-order valence-corrected chi connectivity index (χ1v) is 6.25. The predicted molar refractivity (Wildman–Crippen MR) is 69.8 cm³/mol. The molecule has 0 bridgehead atoms. The van der Waals surface area contributed by atoms with Crippen molar-refractivity contribution in [3.8, 4) is 5.75 Å². The molecule has 0 radical (unpaired) electrons. The van der Waals surface area contributed by atoms with Crippen LogP contribution in [0.15, 0.2) is 18.2 Å². The first-order valence-electron chi connectivity index (χ1n) is 5.33. The van der Waals surface area contributed by atoms with Gasteiger partial charge < -0.3 is 4.74 Å². The van der Waals surface area contributed by atoms with Crippen LogP contribution >= 0.6 is 15.9 Å². The third kappa shape index (κ3) is 2.85. The third-order valence-electron chi connectivity index (χ3n) is 2.50. The first kappa shape index (κ1) is 13.2. The van der Waals surface area contributed by atoms with Crippen molar-refractivity contribution in [2.24, 2.45) is 0 Å². The van der Waals surface area contributed by atoms with Crippen molar-refractivity contribution in [2.75, 3.05) is 7.11 Å². The van der Waals surface area contributed by atoms with Gasteiger partial charge in [-0.1, -0.05) is 29.8 Å². The molecule has 0 amide bonds. The molecule has 16 heavy (non-hydrogen) atoms. The smallest absolute Gasteiger partial charge is 0.176 e. The molecule has 1 atom stereocenters. The molecule has 0 aliphatic heterocycles. The van der Waals surface area contributed by atoms with E-state index in [0.717, 1.165) is 16.9 Å². The van der Waals surface area contributed by atoms with E-state index in [1.54, 1.807) is 7.11 Å². The summed E-state index contributed by atoms with van der Waals surface area (Å²) in [6.07, 6.45) is 0. The largest absolute Gasteiger partial charge is 0.496 e. The number of benzene rings is 1. The van der Waals surface area contributed by atoms with Crippen molar-refractivity contribution in [3.63, 3.8) is 0 Å². The molecule has 0 saturated carbocycles. The standard InChI is InChI=1S/C13H17BrO2/c1-8(2)11-7-10(13(15)9(3)14)5-6-12(11)16-4/h5-9H,1-4H3. The van der Waals surface area contributed by atoms with Crippen molar-refractivity contribution < 1.29 is 9.53 Å². The lowest BCUT2D eigenvalue weighted by molar-refractivity contribution is 0.0995. The highest BCUT2D eigenvalue weighted by atomic mass is 79.9. The third-order valence-corrected chi connectivity index (χ3v) is 2.91. The van der Waals surface area contributed by atoms with Crippen molar-refractivity contribution in [3.05, 3.63) is 29.3 Å². The quantitative estimate of drug-likeness (QED) is 0.621. The second-order valence-electron chi connectivity index (χ2n) is 4.09. The normalized spacial score (nSPS) is 12.6. The zero-order valence-electron chi connectivity index (χ0n) is 10.1. The second kappa shape index (κ2) is 5.48. The van der Waals surface area contributed by atoms with Gasteiger partial charge in [-0.15, -0.1) is 0 Å². The minimum atomic E-state index is -0.152. The van der Waals surface area contributed by atoms with Gasteiger partial charge in [0, 0.05) is 5.56 Å². The number of carbonyl (C=O) groups is 1. The number of carbonyl (C=O) groups excluding carboxylic acids is 1. The number of hydrogen-bond acceptors (Lipinski definition) is 2. The molecule has 0 fully saturated rings. The maximum absolute atomic E-state index is 11.8. The van der Waals surface area contributed by atoms with Gasteiger partial charge in [0.1, 0.15) is 5.75 Å².